The van der Waals surface area contributed by atoms with E-state index in [4.69, 9.17) is 0 Å². The van der Waals surface area contributed by atoms with Crippen molar-refractivity contribution in [2.45, 2.75) is 45.0 Å². The molecule has 2 nitrogen and oxygen atoms in total. The summed E-state index contributed by atoms with van der Waals surface area (Å²) in [4.78, 5) is 13.1. The summed E-state index contributed by atoms with van der Waals surface area (Å²) in [7, 11) is 0. The number of fused-ring (bicyclic) bond motifs is 1. The van der Waals surface area contributed by atoms with Crippen molar-refractivity contribution in [3.63, 3.8) is 0 Å². The summed E-state index contributed by atoms with van der Waals surface area (Å²) in [6.07, 6.45) is 2.13. The molecule has 108 valence electrons. The molecule has 1 aromatic rings. The first-order valence-corrected chi connectivity index (χ1v) is 8.24. The fourth-order valence-corrected chi connectivity index (χ4v) is 6.20. The normalized spacial score (nSPS) is 37.3. The molecule has 3 fully saturated rings. The highest BCUT2D eigenvalue weighted by molar-refractivity contribution is 9.09. The van der Waals surface area contributed by atoms with E-state index in [1.165, 1.54) is 0 Å². The predicted molar refractivity (Wildman–Crippen MR) is 84.6 cm³/mol. The Kier molecular flexibility index (Phi) is 3.06. The first-order valence-electron chi connectivity index (χ1n) is 7.32. The quantitative estimate of drug-likeness (QED) is 0.834. The lowest BCUT2D eigenvalue weighted by Gasteiger charge is -2.64. The molecule has 0 unspecified atom stereocenters. The maximum Gasteiger partial charge on any atom is 0.228 e. The van der Waals surface area contributed by atoms with Crippen molar-refractivity contribution < 1.29 is 4.79 Å². The first-order chi connectivity index (χ1) is 9.36. The van der Waals surface area contributed by atoms with E-state index in [1.54, 1.807) is 0 Å². The van der Waals surface area contributed by atoms with Gasteiger partial charge in [-0.2, -0.15) is 0 Å². The average molecular weight is 336 g/mol. The summed E-state index contributed by atoms with van der Waals surface area (Å²) in [6, 6.07) is 10.1. The van der Waals surface area contributed by atoms with Gasteiger partial charge in [-0.05, 0) is 29.2 Å². The van der Waals surface area contributed by atoms with Gasteiger partial charge in [-0.3, -0.25) is 4.79 Å². The number of alkyl halides is 1. The lowest BCUT2D eigenvalue weighted by Crippen LogP contribution is -2.69. The highest BCUT2D eigenvalue weighted by Crippen LogP contribution is 2.79. The summed E-state index contributed by atoms with van der Waals surface area (Å²) >= 11 is 3.81. The van der Waals surface area contributed by atoms with E-state index in [0.29, 0.717) is 11.4 Å². The second-order valence-corrected chi connectivity index (χ2v) is 7.96. The summed E-state index contributed by atoms with van der Waals surface area (Å²) in [6.45, 7) is 7.43. The van der Waals surface area contributed by atoms with Gasteiger partial charge in [-0.1, -0.05) is 67.0 Å². The highest BCUT2D eigenvalue weighted by Gasteiger charge is 2.79. The van der Waals surface area contributed by atoms with Gasteiger partial charge in [-0.25, -0.2) is 0 Å². The zero-order valence-corrected chi connectivity index (χ0v) is 14.0. The molecule has 3 saturated carbocycles. The molecule has 1 aromatic carbocycles. The van der Waals surface area contributed by atoms with Gasteiger partial charge in [0, 0.05) is 11.4 Å². The van der Waals surface area contributed by atoms with Crippen LogP contribution in [0.2, 0.25) is 0 Å². The fourth-order valence-electron chi connectivity index (χ4n) is 4.39. The zero-order valence-electron chi connectivity index (χ0n) is 12.4. The molecular weight excluding hydrogens is 314 g/mol. The third kappa shape index (κ3) is 1.47. The van der Waals surface area contributed by atoms with Gasteiger partial charge in [0.05, 0.1) is 5.41 Å². The van der Waals surface area contributed by atoms with Crippen LogP contribution in [0.25, 0.3) is 0 Å². The van der Waals surface area contributed by atoms with Crippen LogP contribution in [0.4, 0.5) is 0 Å². The molecule has 0 saturated heterocycles. The third-order valence-electron chi connectivity index (χ3n) is 6.27. The summed E-state index contributed by atoms with van der Waals surface area (Å²) in [5.74, 6) is 0.211. The summed E-state index contributed by atoms with van der Waals surface area (Å²) in [5.41, 5.74) is 1.23. The van der Waals surface area contributed by atoms with Gasteiger partial charge in [0.2, 0.25) is 5.91 Å². The first kappa shape index (κ1) is 14.1. The summed E-state index contributed by atoms with van der Waals surface area (Å²) < 4.78 is 0. The number of rotatable bonds is 3. The minimum Gasteiger partial charge on any atom is -0.351 e. The number of carbonyl (C=O) groups excluding carboxylic acids is 1. The number of halogens is 1. The van der Waals surface area contributed by atoms with Crippen molar-refractivity contribution in [2.75, 3.05) is 0 Å². The molecule has 1 amide bonds. The van der Waals surface area contributed by atoms with Crippen molar-refractivity contribution in [3.05, 3.63) is 35.9 Å². The molecule has 0 aliphatic heterocycles. The Labute approximate surface area is 129 Å². The molecule has 2 bridgehead atoms. The lowest BCUT2D eigenvalue weighted by molar-refractivity contribution is -0.161. The molecule has 0 radical (unpaired) electrons. The molecule has 1 N–H and O–H groups in total. The van der Waals surface area contributed by atoms with Crippen LogP contribution in [0.15, 0.2) is 30.3 Å². The number of carbonyl (C=O) groups is 1. The Morgan fingerprint density at radius 2 is 1.90 bits per heavy atom. The van der Waals surface area contributed by atoms with Crippen LogP contribution < -0.4 is 5.32 Å². The van der Waals surface area contributed by atoms with Gasteiger partial charge < -0.3 is 5.32 Å². The van der Waals surface area contributed by atoms with E-state index in [1.807, 2.05) is 30.3 Å². The maximum atomic E-state index is 12.8. The van der Waals surface area contributed by atoms with Crippen LogP contribution >= 0.6 is 15.9 Å². The van der Waals surface area contributed by atoms with E-state index in [-0.39, 0.29) is 22.2 Å². The summed E-state index contributed by atoms with van der Waals surface area (Å²) in [5, 5.41) is 3.15. The Morgan fingerprint density at radius 1 is 1.25 bits per heavy atom. The molecule has 3 atom stereocenters. The van der Waals surface area contributed by atoms with Crippen molar-refractivity contribution in [2.24, 2.45) is 16.2 Å². The van der Waals surface area contributed by atoms with Gasteiger partial charge in [0.15, 0.2) is 0 Å². The zero-order chi connectivity index (χ0) is 14.6. The monoisotopic (exact) mass is 335 g/mol. The molecule has 0 spiro atoms. The van der Waals surface area contributed by atoms with E-state index >= 15 is 0 Å². The second kappa shape index (κ2) is 4.33. The number of hydrogen-bond acceptors (Lipinski definition) is 1. The van der Waals surface area contributed by atoms with Crippen LogP contribution in [0.3, 0.4) is 0 Å². The van der Waals surface area contributed by atoms with E-state index in [2.05, 4.69) is 42.0 Å². The van der Waals surface area contributed by atoms with E-state index < -0.39 is 0 Å². The highest BCUT2D eigenvalue weighted by atomic mass is 79.9. The molecule has 3 aliphatic rings. The van der Waals surface area contributed by atoms with Gasteiger partial charge >= 0.3 is 0 Å². The fraction of sp³-hybridized carbons (Fsp3) is 0.588. The molecule has 0 heterocycles. The Hall–Kier alpha value is -0.830. The van der Waals surface area contributed by atoms with Crippen LogP contribution in [0.1, 0.15) is 39.2 Å². The van der Waals surface area contributed by atoms with Gasteiger partial charge in [0.1, 0.15) is 0 Å². The molecule has 0 aromatic heterocycles. The average Bonchev–Trinajstić information content (AvgIpc) is 2.85. The smallest absolute Gasteiger partial charge is 0.228 e. The van der Waals surface area contributed by atoms with Crippen LogP contribution in [-0.4, -0.2) is 10.7 Å². The van der Waals surface area contributed by atoms with Crippen LogP contribution in [0, 0.1) is 16.2 Å². The van der Waals surface area contributed by atoms with Crippen molar-refractivity contribution in [1.82, 2.24) is 5.32 Å². The third-order valence-corrected chi connectivity index (χ3v) is 8.07. The minimum atomic E-state index is -0.240. The Balaban J connectivity index is 1.75. The Bertz CT molecular complexity index is 541. The van der Waals surface area contributed by atoms with Crippen LogP contribution in [0.5, 0.6) is 0 Å². The second-order valence-electron chi connectivity index (χ2n) is 7.04. The SMILES string of the molecule is CC1(C)[C@@]2(C)CC[C@@]1(C(=O)NCc1ccccc1)[C@@H]2Br. The van der Waals surface area contributed by atoms with Crippen molar-refractivity contribution in [1.29, 1.82) is 0 Å². The van der Waals surface area contributed by atoms with E-state index in [9.17, 15) is 4.79 Å². The van der Waals surface area contributed by atoms with Gasteiger partial charge in [-0.15, -0.1) is 0 Å². The molecule has 3 aliphatic carbocycles. The van der Waals surface area contributed by atoms with Crippen molar-refractivity contribution >= 4 is 21.8 Å². The number of nitrogens with one attached hydrogen (secondary N) is 1. The lowest BCUT2D eigenvalue weighted by atomic mass is 9.43. The topological polar surface area (TPSA) is 29.1 Å². The minimum absolute atomic E-state index is 0.0644. The molecule has 4 rings (SSSR count). The number of hydrogen-bond donors (Lipinski definition) is 1. The van der Waals surface area contributed by atoms with Crippen molar-refractivity contribution in [3.8, 4) is 0 Å². The number of benzene rings is 1. The van der Waals surface area contributed by atoms with Gasteiger partial charge in [0.25, 0.3) is 0 Å². The predicted octanol–water partition coefficient (Wildman–Crippen LogP) is 3.89. The largest absolute Gasteiger partial charge is 0.351 e. The molecule has 20 heavy (non-hydrogen) atoms. The van der Waals surface area contributed by atoms with Crippen LogP contribution in [-0.2, 0) is 11.3 Å². The standard InChI is InChI=1S/C17H22BrNO/c1-15(2)16(3)9-10-17(15,13(16)18)14(20)19-11-12-7-5-4-6-8-12/h4-8,13H,9-11H2,1-3H3,(H,19,20)/t13-,16+,17+/m1/s1. The van der Waals surface area contributed by atoms with E-state index in [0.717, 1.165) is 18.4 Å². The maximum absolute atomic E-state index is 12.8. The Morgan fingerprint density at radius 3 is 2.40 bits per heavy atom. The molecular formula is C17H22BrNO. The molecule has 3 heteroatoms. The number of amides is 1.